The van der Waals surface area contributed by atoms with Gasteiger partial charge < -0.3 is 9.88 Å². The number of hydrogen-bond donors (Lipinski definition) is 1. The number of rotatable bonds is 3. The highest BCUT2D eigenvalue weighted by Crippen LogP contribution is 2.60. The molecule has 1 aliphatic heterocycles. The molecule has 10 aromatic rings. The van der Waals surface area contributed by atoms with Crippen LogP contribution in [0.2, 0.25) is 0 Å². The first-order chi connectivity index (χ1) is 33.3. The Balaban J connectivity index is 1.17. The van der Waals surface area contributed by atoms with Gasteiger partial charge in [-0.3, -0.25) is 0 Å². The number of benzene rings is 8. The number of hydrogen-bond acceptors (Lipinski definition) is 2. The minimum Gasteiger partial charge on any atom is -0.355 e. The Kier molecular flexibility index (Phi) is 8.34. The SMILES string of the molecule is CC(C)(C)c1ccc(Nc2cc3c(cc2-c2c4c(c5c6cc7c(cc6n6c5c2[B]c2cc5c(cc2-6)sc2ccccc25)C(C)(C)CCC7(C)C)-c2ccccc2C4(C)C)C(C)(C)c2ccccc2-3)cc1. The number of fused-ring (bicyclic) bond motifs is 16. The summed E-state index contributed by atoms with van der Waals surface area (Å²) in [6.07, 6.45) is 2.35. The smallest absolute Gasteiger partial charge is 0.197 e. The molecule has 14 rings (SSSR count). The minimum absolute atomic E-state index is 0.0554. The lowest BCUT2D eigenvalue weighted by atomic mass is 9.57. The maximum Gasteiger partial charge on any atom is 0.197 e. The lowest BCUT2D eigenvalue weighted by Gasteiger charge is -2.42. The van der Waals surface area contributed by atoms with Crippen molar-refractivity contribution in [3.63, 3.8) is 0 Å². The van der Waals surface area contributed by atoms with Crippen molar-refractivity contribution in [3.8, 4) is 39.1 Å². The lowest BCUT2D eigenvalue weighted by molar-refractivity contribution is 0.332. The molecule has 0 saturated heterocycles. The van der Waals surface area contributed by atoms with Crippen molar-refractivity contribution in [1.82, 2.24) is 4.57 Å². The number of thiophene rings is 1. The third kappa shape index (κ3) is 5.58. The van der Waals surface area contributed by atoms with Crippen molar-refractivity contribution in [1.29, 1.82) is 0 Å². The van der Waals surface area contributed by atoms with Crippen LogP contribution in [0.25, 0.3) is 81.0 Å². The van der Waals surface area contributed by atoms with Crippen LogP contribution in [0.3, 0.4) is 0 Å². The van der Waals surface area contributed by atoms with E-state index in [1.807, 2.05) is 11.3 Å². The van der Waals surface area contributed by atoms with Gasteiger partial charge in [0, 0.05) is 64.5 Å². The van der Waals surface area contributed by atoms with Gasteiger partial charge in [-0.25, -0.2) is 0 Å². The average molecular weight is 924 g/mol. The quantitative estimate of drug-likeness (QED) is 0.175. The van der Waals surface area contributed by atoms with Gasteiger partial charge in [-0.15, -0.1) is 11.3 Å². The fraction of sp³-hybridized carbons (Fsp3) is 0.273. The summed E-state index contributed by atoms with van der Waals surface area (Å²) in [6.45, 7) is 26.7. The Morgan fingerprint density at radius 3 is 1.93 bits per heavy atom. The van der Waals surface area contributed by atoms with E-state index in [0.717, 1.165) is 11.4 Å². The van der Waals surface area contributed by atoms with Crippen molar-refractivity contribution in [2.45, 2.75) is 116 Å². The highest BCUT2D eigenvalue weighted by atomic mass is 32.1. The van der Waals surface area contributed by atoms with E-state index in [-0.39, 0.29) is 27.1 Å². The average Bonchev–Trinajstić information content (AvgIpc) is 4.00. The van der Waals surface area contributed by atoms with E-state index in [0.29, 0.717) is 0 Å². The van der Waals surface area contributed by atoms with Crippen molar-refractivity contribution in [2.75, 3.05) is 5.32 Å². The molecule has 343 valence electrons. The van der Waals surface area contributed by atoms with Crippen LogP contribution in [0.1, 0.15) is 128 Å². The second kappa shape index (κ2) is 13.7. The van der Waals surface area contributed by atoms with Crippen molar-refractivity contribution in [3.05, 3.63) is 172 Å². The topological polar surface area (TPSA) is 17.0 Å². The molecule has 0 saturated carbocycles. The predicted octanol–water partition coefficient (Wildman–Crippen LogP) is 16.8. The van der Waals surface area contributed by atoms with Gasteiger partial charge >= 0.3 is 0 Å². The maximum atomic E-state index is 4.13. The van der Waals surface area contributed by atoms with Gasteiger partial charge in [0.05, 0.1) is 5.52 Å². The van der Waals surface area contributed by atoms with E-state index in [1.54, 1.807) is 0 Å². The summed E-state index contributed by atoms with van der Waals surface area (Å²) < 4.78 is 5.40. The molecular formula is C66H60BN2S. The molecule has 2 nitrogen and oxygen atoms in total. The predicted molar refractivity (Wildman–Crippen MR) is 303 cm³/mol. The number of nitrogens with zero attached hydrogens (tertiary/aromatic N) is 1. The van der Waals surface area contributed by atoms with Gasteiger partial charge in [-0.05, 0) is 155 Å². The molecule has 8 aromatic carbocycles. The Morgan fingerprint density at radius 2 is 1.20 bits per heavy atom. The summed E-state index contributed by atoms with van der Waals surface area (Å²) in [5, 5.41) is 9.56. The van der Waals surface area contributed by atoms with Gasteiger partial charge in [-0.2, -0.15) is 0 Å². The van der Waals surface area contributed by atoms with Crippen molar-refractivity contribution < 1.29 is 0 Å². The van der Waals surface area contributed by atoms with Gasteiger partial charge in [0.15, 0.2) is 7.28 Å². The first-order valence-electron chi connectivity index (χ1n) is 25.6. The van der Waals surface area contributed by atoms with E-state index in [9.17, 15) is 0 Å². The zero-order valence-electron chi connectivity index (χ0n) is 42.5. The first-order valence-corrected chi connectivity index (χ1v) is 26.4. The molecule has 1 N–H and O–H groups in total. The summed E-state index contributed by atoms with van der Waals surface area (Å²) in [7, 11) is 2.60. The summed E-state index contributed by atoms with van der Waals surface area (Å²) in [4.78, 5) is 0. The Morgan fingerprint density at radius 1 is 0.543 bits per heavy atom. The van der Waals surface area contributed by atoms with Crippen LogP contribution < -0.4 is 16.2 Å². The van der Waals surface area contributed by atoms with Crippen molar-refractivity contribution >= 4 is 82.9 Å². The standard InChI is InChI=1S/C66H60BN2S/c1-62(2,3)36-24-26-37(27-25-36)68-51-33-41-38-18-12-15-21-45(38)65(8,9)47(41)30-43(51)58-59-56(40-20-13-16-22-46(40)66(59,10)11)57-44-31-48-49(64(6,7)29-28-63(48,4)5)34-52(44)69-53-35-55-42(32-50(53)67-60(58)61(57)69)39-19-14-17-23-54(39)70-55/h12-27,30-35,68H,28-29H2,1-11H3. The Hall–Kier alpha value is -6.36. The molecule has 3 heterocycles. The molecule has 4 aliphatic rings. The van der Waals surface area contributed by atoms with Crippen LogP contribution in [0, 0.1) is 0 Å². The van der Waals surface area contributed by atoms with Crippen LogP contribution in [-0.2, 0) is 27.1 Å². The molecule has 0 amide bonds. The molecule has 4 heteroatoms. The van der Waals surface area contributed by atoms with Crippen LogP contribution in [0.4, 0.5) is 11.4 Å². The highest BCUT2D eigenvalue weighted by Gasteiger charge is 2.45. The van der Waals surface area contributed by atoms with Crippen LogP contribution in [0.5, 0.6) is 0 Å². The maximum absolute atomic E-state index is 4.13. The Bertz CT molecular complexity index is 3970. The van der Waals surface area contributed by atoms with Gasteiger partial charge in [0.1, 0.15) is 0 Å². The third-order valence-corrected chi connectivity index (χ3v) is 18.9. The van der Waals surface area contributed by atoms with Crippen molar-refractivity contribution in [2.24, 2.45) is 0 Å². The second-order valence-electron chi connectivity index (χ2n) is 24.7. The molecule has 0 fully saturated rings. The second-order valence-corrected chi connectivity index (χ2v) is 25.8. The zero-order valence-corrected chi connectivity index (χ0v) is 43.4. The van der Waals surface area contributed by atoms with E-state index >= 15 is 0 Å². The Labute approximate surface area is 418 Å². The molecule has 0 bridgehead atoms. The summed E-state index contributed by atoms with van der Waals surface area (Å²) in [5.41, 5.74) is 26.4. The third-order valence-electron chi connectivity index (χ3n) is 17.8. The van der Waals surface area contributed by atoms with Crippen LogP contribution in [0.15, 0.2) is 133 Å². The summed E-state index contributed by atoms with van der Waals surface area (Å²) in [6, 6.07) is 52.1. The van der Waals surface area contributed by atoms with E-state index in [4.69, 9.17) is 0 Å². The van der Waals surface area contributed by atoms with Crippen LogP contribution in [-0.4, -0.2) is 11.8 Å². The summed E-state index contributed by atoms with van der Waals surface area (Å²) >= 11 is 1.92. The molecule has 70 heavy (non-hydrogen) atoms. The fourth-order valence-corrected chi connectivity index (χ4v) is 14.9. The van der Waals surface area contributed by atoms with Gasteiger partial charge in [0.2, 0.25) is 0 Å². The first kappa shape index (κ1) is 42.5. The van der Waals surface area contributed by atoms with Crippen LogP contribution >= 0.6 is 11.3 Å². The monoisotopic (exact) mass is 923 g/mol. The summed E-state index contributed by atoms with van der Waals surface area (Å²) in [5.74, 6) is 0. The normalized spacial score (nSPS) is 17.2. The highest BCUT2D eigenvalue weighted by molar-refractivity contribution is 7.25. The molecule has 3 aliphatic carbocycles. The molecule has 0 unspecified atom stereocenters. The number of anilines is 2. The fourth-order valence-electron chi connectivity index (χ4n) is 13.8. The van der Waals surface area contributed by atoms with Gasteiger partial charge in [0.25, 0.3) is 0 Å². The molecule has 0 spiro atoms. The zero-order chi connectivity index (χ0) is 48.2. The molecule has 1 radical (unpaired) electrons. The lowest BCUT2D eigenvalue weighted by Crippen LogP contribution is -2.38. The van der Waals surface area contributed by atoms with Gasteiger partial charge in [-0.1, -0.05) is 167 Å². The largest absolute Gasteiger partial charge is 0.355 e. The minimum atomic E-state index is -0.305. The molecule has 2 aromatic heterocycles. The van der Waals surface area contributed by atoms with E-state index in [1.165, 1.54) is 144 Å². The van der Waals surface area contributed by atoms with E-state index < -0.39 is 0 Å². The molecule has 0 atom stereocenters. The number of nitrogens with one attached hydrogen (secondary N) is 1. The van der Waals surface area contributed by atoms with E-state index in [2.05, 4.69) is 227 Å². The number of aromatic nitrogens is 1. The molecular weight excluding hydrogens is 864 g/mol.